The van der Waals surface area contributed by atoms with E-state index in [1.165, 1.54) is 5.69 Å². The molecule has 6 nitrogen and oxygen atoms in total. The summed E-state index contributed by atoms with van der Waals surface area (Å²) in [6.45, 7) is 4.67. The van der Waals surface area contributed by atoms with Crippen LogP contribution in [0.5, 0.6) is 0 Å². The number of rotatable bonds is 3. The third kappa shape index (κ3) is 3.56. The van der Waals surface area contributed by atoms with Gasteiger partial charge in [0.25, 0.3) is 0 Å². The topological polar surface area (TPSA) is 47.5 Å². The second kappa shape index (κ2) is 8.21. The van der Waals surface area contributed by atoms with Crippen molar-refractivity contribution in [3.8, 4) is 11.1 Å². The van der Waals surface area contributed by atoms with Gasteiger partial charge in [-0.2, -0.15) is 0 Å². The summed E-state index contributed by atoms with van der Waals surface area (Å²) in [6, 6.07) is 16.9. The molecule has 1 saturated heterocycles. The molecule has 2 aromatic heterocycles. The molecule has 0 atom stereocenters. The fraction of sp³-hybridized carbons (Fsp3) is 0.231. The number of hydrogen-bond acceptors (Lipinski definition) is 6. The SMILES string of the molecule is CN1CN(c2ccc(N3CCNCC3)c(Cl)c2)c2c1cnc1ccc(-c3cccnc3)cc21. The largest absolute Gasteiger partial charge is 0.368 e. The molecule has 2 aliphatic heterocycles. The number of nitrogens with one attached hydrogen (secondary N) is 1. The number of pyridine rings is 2. The minimum absolute atomic E-state index is 0.747. The summed E-state index contributed by atoms with van der Waals surface area (Å²) in [6.07, 6.45) is 5.67. The summed E-state index contributed by atoms with van der Waals surface area (Å²) >= 11 is 6.81. The van der Waals surface area contributed by atoms with Gasteiger partial charge in [0.15, 0.2) is 0 Å². The second-order valence-electron chi connectivity index (χ2n) is 8.61. The lowest BCUT2D eigenvalue weighted by atomic mass is 10.0. The van der Waals surface area contributed by atoms with E-state index < -0.39 is 0 Å². The third-order valence-corrected chi connectivity index (χ3v) is 6.85. The normalized spacial score (nSPS) is 15.9. The molecule has 1 N–H and O–H groups in total. The van der Waals surface area contributed by atoms with Crippen LogP contribution in [0.4, 0.5) is 22.7 Å². The van der Waals surface area contributed by atoms with Gasteiger partial charge in [-0.15, -0.1) is 0 Å². The van der Waals surface area contributed by atoms with Crippen molar-refractivity contribution in [2.45, 2.75) is 0 Å². The molecule has 4 aromatic rings. The Morgan fingerprint density at radius 2 is 1.82 bits per heavy atom. The van der Waals surface area contributed by atoms with E-state index in [0.717, 1.165) is 77.0 Å². The van der Waals surface area contributed by atoms with Crippen LogP contribution in [0.2, 0.25) is 5.02 Å². The minimum Gasteiger partial charge on any atom is -0.368 e. The highest BCUT2D eigenvalue weighted by Gasteiger charge is 2.28. The van der Waals surface area contributed by atoms with Crippen molar-refractivity contribution in [2.75, 3.05) is 54.6 Å². The summed E-state index contributed by atoms with van der Waals surface area (Å²) in [5.41, 5.74) is 7.68. The van der Waals surface area contributed by atoms with Gasteiger partial charge in [-0.05, 0) is 42.0 Å². The predicted molar refractivity (Wildman–Crippen MR) is 137 cm³/mol. The van der Waals surface area contributed by atoms with Gasteiger partial charge < -0.3 is 20.0 Å². The molecule has 33 heavy (non-hydrogen) atoms. The van der Waals surface area contributed by atoms with Crippen molar-refractivity contribution in [1.29, 1.82) is 0 Å². The van der Waals surface area contributed by atoms with E-state index in [9.17, 15) is 0 Å². The van der Waals surface area contributed by atoms with E-state index in [1.54, 1.807) is 6.20 Å². The van der Waals surface area contributed by atoms with Crippen LogP contribution in [0.1, 0.15) is 0 Å². The average molecular weight is 457 g/mol. The molecule has 0 spiro atoms. The molecule has 166 valence electrons. The van der Waals surface area contributed by atoms with Gasteiger partial charge in [0.2, 0.25) is 0 Å². The first-order valence-electron chi connectivity index (χ1n) is 11.3. The summed E-state index contributed by atoms with van der Waals surface area (Å²) in [5, 5.41) is 5.32. The zero-order chi connectivity index (χ0) is 22.4. The Morgan fingerprint density at radius 1 is 0.939 bits per heavy atom. The minimum atomic E-state index is 0.747. The number of piperazine rings is 1. The second-order valence-corrected chi connectivity index (χ2v) is 9.01. The van der Waals surface area contributed by atoms with Gasteiger partial charge in [-0.3, -0.25) is 9.97 Å². The molecule has 0 saturated carbocycles. The van der Waals surface area contributed by atoms with Gasteiger partial charge in [-0.1, -0.05) is 23.7 Å². The lowest BCUT2D eigenvalue weighted by Gasteiger charge is -2.31. The molecule has 1 fully saturated rings. The van der Waals surface area contributed by atoms with E-state index in [4.69, 9.17) is 16.6 Å². The summed E-state index contributed by atoms with van der Waals surface area (Å²) in [7, 11) is 2.11. The van der Waals surface area contributed by atoms with Gasteiger partial charge in [0, 0.05) is 62.3 Å². The third-order valence-electron chi connectivity index (χ3n) is 6.55. The summed E-state index contributed by atoms with van der Waals surface area (Å²) in [4.78, 5) is 15.9. The molecule has 0 aliphatic carbocycles. The van der Waals surface area contributed by atoms with Crippen LogP contribution in [-0.2, 0) is 0 Å². The Kier molecular flexibility index (Phi) is 5.04. The van der Waals surface area contributed by atoms with E-state index in [2.05, 4.69) is 74.5 Å². The van der Waals surface area contributed by atoms with E-state index in [1.807, 2.05) is 18.5 Å². The number of halogens is 1. The Labute approximate surface area is 198 Å². The summed E-state index contributed by atoms with van der Waals surface area (Å²) in [5.74, 6) is 0. The van der Waals surface area contributed by atoms with E-state index in [0.29, 0.717) is 0 Å². The maximum absolute atomic E-state index is 6.81. The first-order valence-corrected chi connectivity index (χ1v) is 11.6. The highest BCUT2D eigenvalue weighted by molar-refractivity contribution is 6.33. The number of hydrogen-bond donors (Lipinski definition) is 1. The Hall–Kier alpha value is -3.35. The summed E-state index contributed by atoms with van der Waals surface area (Å²) < 4.78 is 0. The van der Waals surface area contributed by atoms with Crippen molar-refractivity contribution in [3.63, 3.8) is 0 Å². The van der Waals surface area contributed by atoms with Crippen molar-refractivity contribution in [1.82, 2.24) is 15.3 Å². The van der Waals surface area contributed by atoms with Crippen molar-refractivity contribution >= 4 is 45.3 Å². The van der Waals surface area contributed by atoms with Crippen LogP contribution >= 0.6 is 11.6 Å². The molecular weight excluding hydrogens is 432 g/mol. The monoisotopic (exact) mass is 456 g/mol. The van der Waals surface area contributed by atoms with Crippen LogP contribution in [0, 0.1) is 0 Å². The van der Waals surface area contributed by atoms with Crippen LogP contribution in [-0.4, -0.2) is 49.9 Å². The van der Waals surface area contributed by atoms with Crippen molar-refractivity contribution in [2.24, 2.45) is 0 Å². The molecule has 0 bridgehead atoms. The molecule has 7 heteroatoms. The molecule has 6 rings (SSSR count). The predicted octanol–water partition coefficient (Wildman–Crippen LogP) is 4.91. The smallest absolute Gasteiger partial charge is 0.0950 e. The number of benzene rings is 2. The van der Waals surface area contributed by atoms with Gasteiger partial charge in [0.1, 0.15) is 0 Å². The zero-order valence-corrected chi connectivity index (χ0v) is 19.3. The highest BCUT2D eigenvalue weighted by Crippen LogP contribution is 2.45. The average Bonchev–Trinajstić information content (AvgIpc) is 3.21. The number of nitrogens with zero attached hydrogens (tertiary/aromatic N) is 5. The molecular formula is C26H25ClN6. The molecule has 0 radical (unpaired) electrons. The maximum atomic E-state index is 6.81. The van der Waals surface area contributed by atoms with Crippen LogP contribution in [0.15, 0.2) is 67.1 Å². The Bertz CT molecular complexity index is 1320. The number of fused-ring (bicyclic) bond motifs is 3. The molecule has 4 heterocycles. The quantitative estimate of drug-likeness (QED) is 0.473. The fourth-order valence-electron chi connectivity index (χ4n) is 4.84. The van der Waals surface area contributed by atoms with Crippen LogP contribution in [0.3, 0.4) is 0 Å². The maximum Gasteiger partial charge on any atom is 0.0950 e. The lowest BCUT2D eigenvalue weighted by Crippen LogP contribution is -2.43. The van der Waals surface area contributed by atoms with Gasteiger partial charge in [-0.25, -0.2) is 0 Å². The first-order chi connectivity index (χ1) is 16.2. The lowest BCUT2D eigenvalue weighted by molar-refractivity contribution is 0.589. The van der Waals surface area contributed by atoms with Crippen LogP contribution in [0.25, 0.3) is 22.0 Å². The van der Waals surface area contributed by atoms with E-state index >= 15 is 0 Å². The van der Waals surface area contributed by atoms with Crippen molar-refractivity contribution in [3.05, 3.63) is 72.1 Å². The van der Waals surface area contributed by atoms with E-state index in [-0.39, 0.29) is 0 Å². The standard InChI is InChI=1S/C26H25ClN6/c1-31-17-33(20-5-7-24(22(27)14-20)32-11-9-28-10-12-32)26-21-13-18(19-3-2-8-29-15-19)4-6-23(21)30-16-25(26)31/h2-8,13-16,28H,9-12,17H2,1H3. The first kappa shape index (κ1) is 20.3. The fourth-order valence-corrected chi connectivity index (χ4v) is 5.13. The molecule has 0 amide bonds. The number of aromatic nitrogens is 2. The number of anilines is 4. The zero-order valence-electron chi connectivity index (χ0n) is 18.5. The van der Waals surface area contributed by atoms with Crippen molar-refractivity contribution < 1.29 is 0 Å². The molecule has 2 aliphatic rings. The van der Waals surface area contributed by atoms with Crippen LogP contribution < -0.4 is 20.0 Å². The molecule has 0 unspecified atom stereocenters. The highest BCUT2D eigenvalue weighted by atomic mass is 35.5. The molecule has 2 aromatic carbocycles. The van der Waals surface area contributed by atoms with Gasteiger partial charge >= 0.3 is 0 Å². The Balaban J connectivity index is 1.44. The Morgan fingerprint density at radius 3 is 2.61 bits per heavy atom. The van der Waals surface area contributed by atoms with Gasteiger partial charge in [0.05, 0.1) is 40.5 Å².